The number of nitrogens with one attached hydrogen (secondary N) is 1. The highest BCUT2D eigenvalue weighted by atomic mass is 16.2. The second-order valence-electron chi connectivity index (χ2n) is 5.50. The Bertz CT molecular complexity index is 662. The molecule has 0 heterocycles. The van der Waals surface area contributed by atoms with E-state index in [0.29, 0.717) is 12.1 Å². The van der Waals surface area contributed by atoms with Gasteiger partial charge in [0.05, 0.1) is 0 Å². The van der Waals surface area contributed by atoms with Crippen LogP contribution in [0.4, 0.5) is 0 Å². The minimum Gasteiger partial charge on any atom is -0.352 e. The first-order chi connectivity index (χ1) is 10.6. The van der Waals surface area contributed by atoms with E-state index in [0.717, 1.165) is 5.56 Å². The van der Waals surface area contributed by atoms with Gasteiger partial charge in [-0.1, -0.05) is 54.1 Å². The maximum absolute atomic E-state index is 11.9. The molecule has 0 fully saturated rings. The number of Topliss-reactive ketones (excluding diaryl/α,β-unsaturated/α-hetero) is 1. The summed E-state index contributed by atoms with van der Waals surface area (Å²) < 4.78 is 0. The van der Waals surface area contributed by atoms with Gasteiger partial charge in [-0.05, 0) is 25.0 Å². The molecule has 0 aromatic heterocycles. The monoisotopic (exact) mass is 295 g/mol. The molecule has 0 saturated heterocycles. The van der Waals surface area contributed by atoms with E-state index >= 15 is 0 Å². The molecule has 1 N–H and O–H groups in total. The van der Waals surface area contributed by atoms with Gasteiger partial charge in [0.1, 0.15) is 0 Å². The van der Waals surface area contributed by atoms with Crippen molar-refractivity contribution in [3.63, 3.8) is 0 Å². The van der Waals surface area contributed by atoms with Gasteiger partial charge in [0.15, 0.2) is 5.78 Å². The molecule has 0 bridgehead atoms. The van der Waals surface area contributed by atoms with Gasteiger partial charge in [0.25, 0.3) is 0 Å². The number of hydrogen-bond donors (Lipinski definition) is 1. The first kappa shape index (κ1) is 16.0. The Morgan fingerprint density at radius 1 is 0.955 bits per heavy atom. The molecule has 0 radical (unpaired) electrons. The van der Waals surface area contributed by atoms with E-state index in [2.05, 4.69) is 11.4 Å². The molecule has 0 spiro atoms. The maximum Gasteiger partial charge on any atom is 0.220 e. The highest BCUT2D eigenvalue weighted by Gasteiger charge is 2.09. The number of amides is 1. The van der Waals surface area contributed by atoms with Gasteiger partial charge in [-0.3, -0.25) is 9.59 Å². The van der Waals surface area contributed by atoms with Gasteiger partial charge in [0.2, 0.25) is 5.91 Å². The van der Waals surface area contributed by atoms with Gasteiger partial charge in [0, 0.05) is 24.9 Å². The Labute approximate surface area is 131 Å². The third-order valence-electron chi connectivity index (χ3n) is 3.65. The van der Waals surface area contributed by atoms with Gasteiger partial charge in [-0.25, -0.2) is 0 Å². The molecule has 2 aromatic rings. The molecule has 0 atom stereocenters. The van der Waals surface area contributed by atoms with Gasteiger partial charge in [-0.2, -0.15) is 0 Å². The van der Waals surface area contributed by atoms with E-state index < -0.39 is 0 Å². The molecule has 114 valence electrons. The first-order valence-electron chi connectivity index (χ1n) is 7.47. The van der Waals surface area contributed by atoms with Crippen LogP contribution in [0.1, 0.15) is 39.9 Å². The number of hydrogen-bond acceptors (Lipinski definition) is 2. The van der Waals surface area contributed by atoms with E-state index in [1.807, 2.05) is 44.2 Å². The number of carbonyl (C=O) groups excluding carboxylic acids is 2. The highest BCUT2D eigenvalue weighted by Crippen LogP contribution is 2.10. The SMILES string of the molecule is Cc1ccc(CNC(=O)CCC(=O)c2ccccc2)c(C)c1. The zero-order valence-corrected chi connectivity index (χ0v) is 13.1. The molecule has 1 amide bonds. The lowest BCUT2D eigenvalue weighted by molar-refractivity contribution is -0.121. The predicted octanol–water partition coefficient (Wildman–Crippen LogP) is 3.58. The maximum atomic E-state index is 11.9. The third-order valence-corrected chi connectivity index (χ3v) is 3.65. The van der Waals surface area contributed by atoms with Crippen LogP contribution in [-0.2, 0) is 11.3 Å². The van der Waals surface area contributed by atoms with Gasteiger partial charge >= 0.3 is 0 Å². The second kappa shape index (κ2) is 7.55. The zero-order chi connectivity index (χ0) is 15.9. The van der Waals surface area contributed by atoms with E-state index in [1.165, 1.54) is 11.1 Å². The molecular formula is C19H21NO2. The summed E-state index contributed by atoms with van der Waals surface area (Å²) >= 11 is 0. The quantitative estimate of drug-likeness (QED) is 0.828. The molecule has 22 heavy (non-hydrogen) atoms. The Hall–Kier alpha value is -2.42. The molecule has 2 rings (SSSR count). The fourth-order valence-electron chi connectivity index (χ4n) is 2.32. The molecule has 0 aliphatic rings. The van der Waals surface area contributed by atoms with Crippen LogP contribution in [0, 0.1) is 13.8 Å². The highest BCUT2D eigenvalue weighted by molar-refractivity contribution is 5.97. The Kier molecular flexibility index (Phi) is 5.48. The van der Waals surface area contributed by atoms with Crippen molar-refractivity contribution in [1.29, 1.82) is 0 Å². The predicted molar refractivity (Wildman–Crippen MR) is 87.8 cm³/mol. The summed E-state index contributed by atoms with van der Waals surface area (Å²) in [6, 6.07) is 15.2. The summed E-state index contributed by atoms with van der Waals surface area (Å²) in [6.07, 6.45) is 0.460. The molecule has 3 heteroatoms. The van der Waals surface area contributed by atoms with Crippen LogP contribution in [0.3, 0.4) is 0 Å². The number of benzene rings is 2. The lowest BCUT2D eigenvalue weighted by atomic mass is 10.1. The smallest absolute Gasteiger partial charge is 0.220 e. The molecule has 0 aliphatic carbocycles. The Balaban J connectivity index is 1.80. The molecule has 0 unspecified atom stereocenters. The number of ketones is 1. The summed E-state index contributed by atoms with van der Waals surface area (Å²) in [4.78, 5) is 23.8. The van der Waals surface area contributed by atoms with Gasteiger partial charge in [-0.15, -0.1) is 0 Å². The Morgan fingerprint density at radius 3 is 2.36 bits per heavy atom. The molecule has 3 nitrogen and oxygen atoms in total. The minimum atomic E-state index is -0.0933. The van der Waals surface area contributed by atoms with Crippen molar-refractivity contribution in [1.82, 2.24) is 5.32 Å². The fraction of sp³-hybridized carbons (Fsp3) is 0.263. The summed E-state index contributed by atoms with van der Waals surface area (Å²) in [5.41, 5.74) is 4.14. The van der Waals surface area contributed by atoms with Crippen molar-refractivity contribution in [2.45, 2.75) is 33.2 Å². The van der Waals surface area contributed by atoms with Crippen molar-refractivity contribution in [2.24, 2.45) is 0 Å². The molecular weight excluding hydrogens is 274 g/mol. The summed E-state index contributed by atoms with van der Waals surface area (Å²) in [6.45, 7) is 4.59. The lowest BCUT2D eigenvalue weighted by Gasteiger charge is -2.08. The summed E-state index contributed by atoms with van der Waals surface area (Å²) in [5, 5.41) is 2.87. The van der Waals surface area contributed by atoms with Crippen LogP contribution in [0.2, 0.25) is 0 Å². The van der Waals surface area contributed by atoms with Crippen LogP contribution in [0.5, 0.6) is 0 Å². The largest absolute Gasteiger partial charge is 0.352 e. The van der Waals surface area contributed by atoms with Crippen LogP contribution >= 0.6 is 0 Å². The van der Waals surface area contributed by atoms with Gasteiger partial charge < -0.3 is 5.32 Å². The molecule has 0 saturated carbocycles. The average molecular weight is 295 g/mol. The number of aryl methyl sites for hydroxylation is 2. The van der Waals surface area contributed by atoms with E-state index in [4.69, 9.17) is 0 Å². The van der Waals surface area contributed by atoms with Crippen molar-refractivity contribution in [2.75, 3.05) is 0 Å². The zero-order valence-electron chi connectivity index (χ0n) is 13.1. The van der Waals surface area contributed by atoms with E-state index in [9.17, 15) is 9.59 Å². The van der Waals surface area contributed by atoms with Crippen LogP contribution in [0.15, 0.2) is 48.5 Å². The average Bonchev–Trinajstić information content (AvgIpc) is 2.52. The summed E-state index contributed by atoms with van der Waals surface area (Å²) in [7, 11) is 0. The molecule has 2 aromatic carbocycles. The molecule has 0 aliphatic heterocycles. The topological polar surface area (TPSA) is 46.2 Å². The van der Waals surface area contributed by atoms with Crippen molar-refractivity contribution in [3.05, 3.63) is 70.8 Å². The normalized spacial score (nSPS) is 10.3. The number of rotatable bonds is 6. The fourth-order valence-corrected chi connectivity index (χ4v) is 2.32. The minimum absolute atomic E-state index is 0.00210. The second-order valence-corrected chi connectivity index (χ2v) is 5.50. The Morgan fingerprint density at radius 2 is 1.68 bits per heavy atom. The standard InChI is InChI=1S/C19H21NO2/c1-14-8-9-17(15(2)12-14)13-20-19(22)11-10-18(21)16-6-4-3-5-7-16/h3-9,12H,10-11,13H2,1-2H3,(H,20,22). The first-order valence-corrected chi connectivity index (χ1v) is 7.47. The van der Waals surface area contributed by atoms with E-state index in [-0.39, 0.29) is 24.5 Å². The summed E-state index contributed by atoms with van der Waals surface area (Å²) in [5.74, 6) is -0.0912. The van der Waals surface area contributed by atoms with Crippen molar-refractivity contribution >= 4 is 11.7 Å². The van der Waals surface area contributed by atoms with Crippen LogP contribution in [0.25, 0.3) is 0 Å². The lowest BCUT2D eigenvalue weighted by Crippen LogP contribution is -2.23. The third kappa shape index (κ3) is 4.55. The van der Waals surface area contributed by atoms with Crippen molar-refractivity contribution in [3.8, 4) is 0 Å². The van der Waals surface area contributed by atoms with E-state index in [1.54, 1.807) is 12.1 Å². The van der Waals surface area contributed by atoms with Crippen LogP contribution < -0.4 is 5.32 Å². The van der Waals surface area contributed by atoms with Crippen molar-refractivity contribution < 1.29 is 9.59 Å². The number of carbonyl (C=O) groups is 2. The van der Waals surface area contributed by atoms with Crippen LogP contribution in [-0.4, -0.2) is 11.7 Å².